The van der Waals surface area contributed by atoms with Crippen LogP contribution < -0.4 is 5.32 Å². The maximum atomic E-state index is 5.72. The molecule has 1 N–H and O–H groups in total. The quantitative estimate of drug-likeness (QED) is 0.847. The van der Waals surface area contributed by atoms with Crippen molar-refractivity contribution in [2.45, 2.75) is 52.8 Å². The summed E-state index contributed by atoms with van der Waals surface area (Å²) in [7, 11) is 3.76. The van der Waals surface area contributed by atoms with Crippen LogP contribution in [0.5, 0.6) is 0 Å². The summed E-state index contributed by atoms with van der Waals surface area (Å²) >= 11 is 0. The molecule has 0 amide bonds. The molecule has 1 heterocycles. The highest BCUT2D eigenvalue weighted by Crippen LogP contribution is 2.32. The second-order valence-electron chi connectivity index (χ2n) is 5.77. The van der Waals surface area contributed by atoms with Crippen molar-refractivity contribution in [3.63, 3.8) is 0 Å². The topological polar surface area (TPSA) is 39.1 Å². The number of methoxy groups -OCH3 is 1. The largest absolute Gasteiger partial charge is 0.379 e. The Kier molecular flexibility index (Phi) is 5.35. The number of likely N-dealkylation sites (N-methyl/N-ethyl adjacent to an activating group) is 1. The van der Waals surface area contributed by atoms with Gasteiger partial charge in [-0.1, -0.05) is 27.7 Å². The third-order valence-corrected chi connectivity index (χ3v) is 3.22. The number of aryl methyl sites for hydroxylation is 1. The first-order valence-corrected chi connectivity index (χ1v) is 6.67. The maximum Gasteiger partial charge on any atom is 0.0829 e. The van der Waals surface area contributed by atoms with Gasteiger partial charge in [-0.2, -0.15) is 5.10 Å². The summed E-state index contributed by atoms with van der Waals surface area (Å²) in [4.78, 5) is 0. The van der Waals surface area contributed by atoms with Gasteiger partial charge in [0, 0.05) is 19.9 Å². The number of hydrogen-bond acceptors (Lipinski definition) is 3. The molecule has 0 saturated heterocycles. The Morgan fingerprint density at radius 2 is 2.11 bits per heavy atom. The van der Waals surface area contributed by atoms with Crippen molar-refractivity contribution >= 4 is 0 Å². The van der Waals surface area contributed by atoms with E-state index in [0.717, 1.165) is 13.0 Å². The first-order chi connectivity index (χ1) is 8.45. The van der Waals surface area contributed by atoms with Crippen LogP contribution in [0, 0.1) is 5.41 Å². The smallest absolute Gasteiger partial charge is 0.0829 e. The van der Waals surface area contributed by atoms with Gasteiger partial charge in [0.25, 0.3) is 0 Å². The molecule has 1 rings (SSSR count). The van der Waals surface area contributed by atoms with Crippen LogP contribution in [-0.2, 0) is 11.3 Å². The van der Waals surface area contributed by atoms with Gasteiger partial charge in [-0.3, -0.25) is 4.68 Å². The zero-order valence-corrected chi connectivity index (χ0v) is 12.5. The van der Waals surface area contributed by atoms with Gasteiger partial charge in [-0.15, -0.1) is 0 Å². The van der Waals surface area contributed by atoms with Crippen LogP contribution >= 0.6 is 0 Å². The first-order valence-electron chi connectivity index (χ1n) is 6.67. The molecule has 1 aromatic heterocycles. The Hall–Kier alpha value is -0.870. The highest BCUT2D eigenvalue weighted by molar-refractivity contribution is 5.10. The van der Waals surface area contributed by atoms with Crippen LogP contribution in [0.2, 0.25) is 0 Å². The second kappa shape index (κ2) is 6.34. The minimum Gasteiger partial charge on any atom is -0.379 e. The van der Waals surface area contributed by atoms with E-state index in [1.807, 2.05) is 13.2 Å². The van der Waals surface area contributed by atoms with E-state index in [9.17, 15) is 0 Å². The summed E-state index contributed by atoms with van der Waals surface area (Å²) < 4.78 is 7.79. The molecule has 0 fully saturated rings. The van der Waals surface area contributed by atoms with Gasteiger partial charge in [-0.05, 0) is 24.9 Å². The Labute approximate surface area is 111 Å². The second-order valence-corrected chi connectivity index (χ2v) is 5.77. The molecule has 18 heavy (non-hydrogen) atoms. The summed E-state index contributed by atoms with van der Waals surface area (Å²) in [5.74, 6) is 0. The average molecular weight is 253 g/mol. The van der Waals surface area contributed by atoms with Crippen molar-refractivity contribution in [1.29, 1.82) is 0 Å². The van der Waals surface area contributed by atoms with E-state index in [1.54, 1.807) is 7.11 Å². The monoisotopic (exact) mass is 253 g/mol. The Bertz CT molecular complexity index is 354. The van der Waals surface area contributed by atoms with Gasteiger partial charge >= 0.3 is 0 Å². The minimum atomic E-state index is 0.0732. The molecule has 0 bridgehead atoms. The van der Waals surface area contributed by atoms with E-state index in [-0.39, 0.29) is 17.6 Å². The fourth-order valence-corrected chi connectivity index (χ4v) is 2.45. The Morgan fingerprint density at radius 1 is 1.44 bits per heavy atom. The van der Waals surface area contributed by atoms with Gasteiger partial charge in [-0.25, -0.2) is 0 Å². The van der Waals surface area contributed by atoms with Gasteiger partial charge in [0.1, 0.15) is 0 Å². The zero-order chi connectivity index (χ0) is 13.8. The number of ether oxygens (including phenoxy) is 1. The van der Waals surface area contributed by atoms with E-state index in [4.69, 9.17) is 4.74 Å². The van der Waals surface area contributed by atoms with Gasteiger partial charge in [0.2, 0.25) is 0 Å². The van der Waals surface area contributed by atoms with Crippen LogP contribution in [0.3, 0.4) is 0 Å². The van der Waals surface area contributed by atoms with E-state index in [1.165, 1.54) is 5.69 Å². The van der Waals surface area contributed by atoms with E-state index < -0.39 is 0 Å². The maximum absolute atomic E-state index is 5.72. The van der Waals surface area contributed by atoms with Crippen LogP contribution in [-0.4, -0.2) is 30.0 Å². The molecule has 0 saturated carbocycles. The third kappa shape index (κ3) is 3.33. The number of hydrogen-bond donors (Lipinski definition) is 1. The third-order valence-electron chi connectivity index (χ3n) is 3.22. The Balaban J connectivity index is 3.04. The van der Waals surface area contributed by atoms with Gasteiger partial charge in [0.05, 0.1) is 17.8 Å². The molecule has 1 aromatic rings. The Morgan fingerprint density at radius 3 is 2.56 bits per heavy atom. The molecule has 0 spiro atoms. The van der Waals surface area contributed by atoms with E-state index in [0.29, 0.717) is 0 Å². The van der Waals surface area contributed by atoms with Gasteiger partial charge < -0.3 is 10.1 Å². The molecule has 0 aliphatic rings. The SMILES string of the molecule is CCCn1nccc1C(NC)C(OC)C(C)(C)C. The van der Waals surface area contributed by atoms with Crippen molar-refractivity contribution in [3.8, 4) is 0 Å². The fraction of sp³-hybridized carbons (Fsp3) is 0.786. The van der Waals surface area contributed by atoms with Gasteiger partial charge in [0.15, 0.2) is 0 Å². The highest BCUT2D eigenvalue weighted by Gasteiger charge is 2.34. The minimum absolute atomic E-state index is 0.0732. The zero-order valence-electron chi connectivity index (χ0n) is 12.5. The molecule has 4 heteroatoms. The van der Waals surface area contributed by atoms with Crippen LogP contribution in [0.1, 0.15) is 45.9 Å². The lowest BCUT2D eigenvalue weighted by Crippen LogP contribution is -2.41. The highest BCUT2D eigenvalue weighted by atomic mass is 16.5. The van der Waals surface area contributed by atoms with Crippen molar-refractivity contribution in [2.24, 2.45) is 5.41 Å². The number of nitrogens with one attached hydrogen (secondary N) is 1. The van der Waals surface area contributed by atoms with E-state index >= 15 is 0 Å². The van der Waals surface area contributed by atoms with Crippen LogP contribution in [0.15, 0.2) is 12.3 Å². The number of aromatic nitrogens is 2. The standard InChI is InChI=1S/C14H27N3O/c1-7-10-17-11(8-9-16-17)12(15-5)13(18-6)14(2,3)4/h8-9,12-13,15H,7,10H2,1-6H3. The average Bonchev–Trinajstić information content (AvgIpc) is 2.72. The lowest BCUT2D eigenvalue weighted by molar-refractivity contribution is -0.0122. The summed E-state index contributed by atoms with van der Waals surface area (Å²) in [5.41, 5.74) is 1.27. The predicted octanol–water partition coefficient (Wildman–Crippen LogP) is 2.61. The fourth-order valence-electron chi connectivity index (χ4n) is 2.45. The molecule has 104 valence electrons. The summed E-state index contributed by atoms with van der Waals surface area (Å²) in [5, 5.41) is 7.77. The van der Waals surface area contributed by atoms with Crippen molar-refractivity contribution in [1.82, 2.24) is 15.1 Å². The molecule has 2 atom stereocenters. The first kappa shape index (κ1) is 15.2. The summed E-state index contributed by atoms with van der Waals surface area (Å²) in [6.45, 7) is 9.71. The molecule has 0 aromatic carbocycles. The van der Waals surface area contributed by atoms with Crippen molar-refractivity contribution in [2.75, 3.05) is 14.2 Å². The molecule has 2 unspecified atom stereocenters. The molecule has 0 aliphatic carbocycles. The normalized spacial score (nSPS) is 15.7. The van der Waals surface area contributed by atoms with E-state index in [2.05, 4.69) is 48.9 Å². The lowest BCUT2D eigenvalue weighted by atomic mass is 9.83. The number of nitrogens with zero attached hydrogens (tertiary/aromatic N) is 2. The molecule has 0 radical (unpaired) electrons. The molecule has 0 aliphatic heterocycles. The predicted molar refractivity (Wildman–Crippen MR) is 74.6 cm³/mol. The van der Waals surface area contributed by atoms with Crippen LogP contribution in [0.4, 0.5) is 0 Å². The van der Waals surface area contributed by atoms with Crippen LogP contribution in [0.25, 0.3) is 0 Å². The lowest BCUT2D eigenvalue weighted by Gasteiger charge is -2.36. The summed E-state index contributed by atoms with van der Waals surface area (Å²) in [6, 6.07) is 2.23. The number of rotatable bonds is 6. The molecular formula is C14H27N3O. The molecule has 4 nitrogen and oxygen atoms in total. The van der Waals surface area contributed by atoms with Crippen molar-refractivity contribution in [3.05, 3.63) is 18.0 Å². The van der Waals surface area contributed by atoms with Crippen molar-refractivity contribution < 1.29 is 4.74 Å². The summed E-state index contributed by atoms with van der Waals surface area (Å²) in [6.07, 6.45) is 3.05. The molecular weight excluding hydrogens is 226 g/mol.